The van der Waals surface area contributed by atoms with Crippen LogP contribution in [0.3, 0.4) is 0 Å². The average Bonchev–Trinajstić information content (AvgIpc) is 2.18. The summed E-state index contributed by atoms with van der Waals surface area (Å²) in [5.41, 5.74) is 1.41. The van der Waals surface area contributed by atoms with Crippen molar-refractivity contribution in [1.82, 2.24) is 5.32 Å². The van der Waals surface area contributed by atoms with Crippen molar-refractivity contribution < 1.29 is 4.79 Å². The number of hydrogen-bond donors (Lipinski definition) is 2. The van der Waals surface area contributed by atoms with Crippen molar-refractivity contribution >= 4 is 11.6 Å². The van der Waals surface area contributed by atoms with Crippen LogP contribution in [0.5, 0.6) is 0 Å². The first-order valence-corrected chi connectivity index (χ1v) is 4.34. The summed E-state index contributed by atoms with van der Waals surface area (Å²) >= 11 is 0. The third kappa shape index (κ3) is 1.40. The molecular formula is C10H9N3O. The minimum atomic E-state index is -0.276. The Kier molecular flexibility index (Phi) is 2.07. The lowest BCUT2D eigenvalue weighted by Crippen LogP contribution is -2.44. The van der Waals surface area contributed by atoms with Crippen LogP contribution in [0.4, 0.5) is 5.69 Å². The number of rotatable bonds is 1. The third-order valence-electron chi connectivity index (χ3n) is 2.10. The molecule has 1 unspecified atom stereocenters. The Morgan fingerprint density at radius 2 is 2.14 bits per heavy atom. The second-order valence-corrected chi connectivity index (χ2v) is 3.08. The number of carbonyl (C=O) groups is 1. The van der Waals surface area contributed by atoms with E-state index in [0.717, 1.165) is 5.69 Å². The van der Waals surface area contributed by atoms with Crippen LogP contribution in [-0.4, -0.2) is 12.1 Å². The van der Waals surface area contributed by atoms with Crippen molar-refractivity contribution in [2.24, 2.45) is 0 Å². The molecule has 0 radical (unpaired) electrons. The summed E-state index contributed by atoms with van der Waals surface area (Å²) in [6.45, 7) is 0. The van der Waals surface area contributed by atoms with Gasteiger partial charge in [-0.05, 0) is 12.1 Å². The Morgan fingerprint density at radius 1 is 1.36 bits per heavy atom. The monoisotopic (exact) mass is 187 g/mol. The number of fused-ring (bicyclic) bond motifs is 1. The van der Waals surface area contributed by atoms with Gasteiger partial charge < -0.3 is 10.6 Å². The van der Waals surface area contributed by atoms with E-state index in [1.165, 1.54) is 0 Å². The van der Waals surface area contributed by atoms with Crippen LogP contribution in [0.25, 0.3) is 0 Å². The van der Waals surface area contributed by atoms with Crippen molar-refractivity contribution in [3.8, 4) is 6.07 Å². The molecule has 0 bridgehead atoms. The summed E-state index contributed by atoms with van der Waals surface area (Å²) in [7, 11) is 0. The van der Waals surface area contributed by atoms with Gasteiger partial charge in [-0.25, -0.2) is 0 Å². The molecule has 0 saturated carbocycles. The van der Waals surface area contributed by atoms with Gasteiger partial charge in [0.1, 0.15) is 6.17 Å². The molecule has 0 fully saturated rings. The molecule has 1 aromatic rings. The maximum absolute atomic E-state index is 11.5. The zero-order valence-electron chi connectivity index (χ0n) is 7.45. The summed E-state index contributed by atoms with van der Waals surface area (Å²) < 4.78 is 0. The second-order valence-electron chi connectivity index (χ2n) is 3.08. The van der Waals surface area contributed by atoms with E-state index in [9.17, 15) is 4.79 Å². The van der Waals surface area contributed by atoms with Crippen LogP contribution in [0.1, 0.15) is 16.8 Å². The van der Waals surface area contributed by atoms with Crippen LogP contribution in [0.2, 0.25) is 0 Å². The summed E-state index contributed by atoms with van der Waals surface area (Å²) in [5, 5.41) is 14.3. The lowest BCUT2D eigenvalue weighted by molar-refractivity contribution is 0.0936. The van der Waals surface area contributed by atoms with Crippen molar-refractivity contribution in [2.75, 3.05) is 5.32 Å². The third-order valence-corrected chi connectivity index (χ3v) is 2.10. The van der Waals surface area contributed by atoms with Gasteiger partial charge in [0.15, 0.2) is 0 Å². The fraction of sp³-hybridized carbons (Fsp3) is 0.200. The molecule has 1 heterocycles. The SMILES string of the molecule is N#CCC1NC(=O)c2ccccc2N1. The fourth-order valence-electron chi connectivity index (χ4n) is 1.46. The van der Waals surface area contributed by atoms with Crippen LogP contribution >= 0.6 is 0 Å². The van der Waals surface area contributed by atoms with E-state index in [1.807, 2.05) is 24.3 Å². The largest absolute Gasteiger partial charge is 0.364 e. The molecule has 14 heavy (non-hydrogen) atoms. The van der Waals surface area contributed by atoms with E-state index in [0.29, 0.717) is 5.56 Å². The molecule has 1 amide bonds. The summed E-state index contributed by atoms with van der Waals surface area (Å²) in [4.78, 5) is 11.5. The number of benzene rings is 1. The zero-order chi connectivity index (χ0) is 9.97. The van der Waals surface area contributed by atoms with E-state index in [2.05, 4.69) is 10.6 Å². The minimum absolute atomic E-state index is 0.125. The second kappa shape index (κ2) is 3.38. The van der Waals surface area contributed by atoms with Crippen LogP contribution in [-0.2, 0) is 0 Å². The quantitative estimate of drug-likeness (QED) is 0.691. The summed E-state index contributed by atoms with van der Waals surface area (Å²) in [6.07, 6.45) is -0.0116. The number of nitrogens with one attached hydrogen (secondary N) is 2. The molecule has 0 saturated heterocycles. The molecule has 1 atom stereocenters. The van der Waals surface area contributed by atoms with E-state index in [-0.39, 0.29) is 18.5 Å². The Bertz CT molecular complexity index is 408. The van der Waals surface area contributed by atoms with E-state index in [4.69, 9.17) is 5.26 Å². The van der Waals surface area contributed by atoms with Gasteiger partial charge in [-0.3, -0.25) is 4.79 Å². The van der Waals surface area contributed by atoms with Crippen molar-refractivity contribution in [2.45, 2.75) is 12.6 Å². The number of hydrogen-bond acceptors (Lipinski definition) is 3. The molecule has 70 valence electrons. The number of nitrogens with zero attached hydrogens (tertiary/aromatic N) is 1. The first kappa shape index (κ1) is 8.57. The average molecular weight is 187 g/mol. The highest BCUT2D eigenvalue weighted by atomic mass is 16.2. The van der Waals surface area contributed by atoms with Gasteiger partial charge >= 0.3 is 0 Å². The lowest BCUT2D eigenvalue weighted by Gasteiger charge is -2.25. The van der Waals surface area contributed by atoms with Gasteiger partial charge in [0.2, 0.25) is 0 Å². The predicted octanol–water partition coefficient (Wildman–Crippen LogP) is 1.08. The lowest BCUT2D eigenvalue weighted by atomic mass is 10.1. The normalized spacial score (nSPS) is 18.8. The smallest absolute Gasteiger partial charge is 0.254 e. The molecule has 2 rings (SSSR count). The van der Waals surface area contributed by atoms with Crippen LogP contribution in [0.15, 0.2) is 24.3 Å². The zero-order valence-corrected chi connectivity index (χ0v) is 7.45. The first-order chi connectivity index (χ1) is 6.81. The summed E-state index contributed by atoms with van der Waals surface area (Å²) in [5.74, 6) is -0.125. The molecule has 2 N–H and O–H groups in total. The fourth-order valence-corrected chi connectivity index (χ4v) is 1.46. The highest BCUT2D eigenvalue weighted by Crippen LogP contribution is 2.19. The highest BCUT2D eigenvalue weighted by Gasteiger charge is 2.22. The van der Waals surface area contributed by atoms with Gasteiger partial charge in [-0.15, -0.1) is 0 Å². The predicted molar refractivity (Wildman–Crippen MR) is 51.5 cm³/mol. The molecule has 4 heteroatoms. The first-order valence-electron chi connectivity index (χ1n) is 4.34. The molecule has 0 aliphatic carbocycles. The van der Waals surface area contributed by atoms with Gasteiger partial charge in [0.05, 0.1) is 18.1 Å². The standard InChI is InChI=1S/C10H9N3O/c11-6-5-9-12-8-4-2-1-3-7(8)10(14)13-9/h1-4,9,12H,5H2,(H,13,14). The van der Waals surface area contributed by atoms with Gasteiger partial charge in [0.25, 0.3) is 5.91 Å². The van der Waals surface area contributed by atoms with Crippen LogP contribution in [0, 0.1) is 11.3 Å². The number of anilines is 1. The molecular weight excluding hydrogens is 178 g/mol. The Labute approximate surface area is 81.5 Å². The highest BCUT2D eigenvalue weighted by molar-refractivity contribution is 6.01. The topological polar surface area (TPSA) is 64.9 Å². The number of carbonyl (C=O) groups excluding carboxylic acids is 1. The summed E-state index contributed by atoms with van der Waals surface area (Å²) in [6, 6.07) is 9.26. The van der Waals surface area contributed by atoms with Gasteiger partial charge in [-0.1, -0.05) is 12.1 Å². The number of para-hydroxylation sites is 1. The molecule has 0 aromatic heterocycles. The Morgan fingerprint density at radius 3 is 2.93 bits per heavy atom. The molecule has 1 aliphatic heterocycles. The van der Waals surface area contributed by atoms with Gasteiger partial charge in [0, 0.05) is 5.69 Å². The van der Waals surface area contributed by atoms with Crippen molar-refractivity contribution in [1.29, 1.82) is 5.26 Å². The molecule has 4 nitrogen and oxygen atoms in total. The molecule has 1 aliphatic rings. The maximum atomic E-state index is 11.5. The van der Waals surface area contributed by atoms with E-state index in [1.54, 1.807) is 6.07 Å². The van der Waals surface area contributed by atoms with Gasteiger partial charge in [-0.2, -0.15) is 5.26 Å². The van der Waals surface area contributed by atoms with E-state index >= 15 is 0 Å². The minimum Gasteiger partial charge on any atom is -0.364 e. The Balaban J connectivity index is 2.30. The molecule has 0 spiro atoms. The molecule has 1 aromatic carbocycles. The van der Waals surface area contributed by atoms with Crippen molar-refractivity contribution in [3.05, 3.63) is 29.8 Å². The van der Waals surface area contributed by atoms with E-state index < -0.39 is 0 Å². The number of nitriles is 1. The number of amides is 1. The maximum Gasteiger partial charge on any atom is 0.254 e. The Hall–Kier alpha value is -2.02. The van der Waals surface area contributed by atoms with Crippen molar-refractivity contribution in [3.63, 3.8) is 0 Å². The van der Waals surface area contributed by atoms with Crippen LogP contribution < -0.4 is 10.6 Å².